The smallest absolute Gasteiger partial charge is 0.200 e. The van der Waals surface area contributed by atoms with Crippen LogP contribution in [0.15, 0.2) is 0 Å². The summed E-state index contributed by atoms with van der Waals surface area (Å²) in [7, 11) is 0. The lowest BCUT2D eigenvalue weighted by molar-refractivity contribution is 1.10. The lowest BCUT2D eigenvalue weighted by Gasteiger charge is -2.07. The fraction of sp³-hybridized carbons (Fsp3) is 0.429. The van der Waals surface area contributed by atoms with Crippen molar-refractivity contribution < 1.29 is 0 Å². The topological polar surface area (TPSA) is 64.8 Å². The molecule has 2 heterocycles. The third kappa shape index (κ3) is 1.44. The minimum atomic E-state index is 0.492. The molecule has 0 fully saturated rings. The van der Waals surface area contributed by atoms with Gasteiger partial charge in [-0.3, -0.25) is 0 Å². The van der Waals surface area contributed by atoms with Crippen molar-refractivity contribution in [2.75, 3.05) is 29.2 Å². The fourth-order valence-corrected chi connectivity index (χ4v) is 1.49. The molecule has 0 unspecified atom stereocenters. The van der Waals surface area contributed by atoms with Gasteiger partial charge in [0.15, 0.2) is 10.6 Å². The zero-order valence-electron chi connectivity index (χ0n) is 7.27. The Labute approximate surface area is 81.0 Å². The number of H-pyrrole nitrogens is 1. The number of fused-ring (bicyclic) bond motifs is 1. The number of aromatic amines is 1. The van der Waals surface area contributed by atoms with Gasteiger partial charge in [0.05, 0.1) is 6.67 Å². The first-order valence-corrected chi connectivity index (χ1v) is 4.58. The predicted molar refractivity (Wildman–Crippen MR) is 55.7 cm³/mol. The molecule has 6 heteroatoms. The Balaban J connectivity index is 2.49. The molecule has 1 aromatic heterocycles. The van der Waals surface area contributed by atoms with Crippen LogP contribution >= 0.6 is 12.2 Å². The van der Waals surface area contributed by atoms with E-state index in [0.29, 0.717) is 11.4 Å². The van der Waals surface area contributed by atoms with Crippen molar-refractivity contribution >= 4 is 29.5 Å². The van der Waals surface area contributed by atoms with Gasteiger partial charge in [-0.15, -0.1) is 0 Å². The van der Waals surface area contributed by atoms with Crippen molar-refractivity contribution in [2.24, 2.45) is 0 Å². The molecule has 0 saturated heterocycles. The van der Waals surface area contributed by atoms with E-state index in [1.807, 2.05) is 6.92 Å². The van der Waals surface area contributed by atoms with Crippen molar-refractivity contribution in [1.29, 1.82) is 0 Å². The number of aromatic nitrogens is 2. The van der Waals surface area contributed by atoms with E-state index in [-0.39, 0.29) is 0 Å². The van der Waals surface area contributed by atoms with Gasteiger partial charge in [0.2, 0.25) is 0 Å². The first-order valence-electron chi connectivity index (χ1n) is 4.17. The van der Waals surface area contributed by atoms with Gasteiger partial charge in [-0.05, 0) is 19.1 Å². The Bertz CT molecular complexity index is 372. The predicted octanol–water partition coefficient (Wildman–Crippen LogP) is 1.37. The summed E-state index contributed by atoms with van der Waals surface area (Å²) in [5, 5.41) is 9.44. The summed E-state index contributed by atoms with van der Waals surface area (Å²) in [6, 6.07) is 0. The average molecular weight is 197 g/mol. The third-order valence-electron chi connectivity index (χ3n) is 1.81. The van der Waals surface area contributed by atoms with Crippen molar-refractivity contribution in [3.8, 4) is 0 Å². The minimum Gasteiger partial charge on any atom is -0.370 e. The molecule has 0 aromatic carbocycles. The zero-order valence-corrected chi connectivity index (χ0v) is 8.09. The summed E-state index contributed by atoms with van der Waals surface area (Å²) in [4.78, 5) is 7.14. The molecule has 70 valence electrons. The van der Waals surface area contributed by atoms with Crippen LogP contribution in [0.25, 0.3) is 0 Å². The van der Waals surface area contributed by atoms with Crippen molar-refractivity contribution in [1.82, 2.24) is 9.97 Å². The van der Waals surface area contributed by atoms with E-state index in [9.17, 15) is 0 Å². The maximum atomic E-state index is 4.98. The maximum absolute atomic E-state index is 4.98. The molecule has 0 bridgehead atoms. The molecule has 0 saturated carbocycles. The van der Waals surface area contributed by atoms with Crippen LogP contribution in [0.4, 0.5) is 17.3 Å². The SMILES string of the molecule is CCNc1[nH]c(=S)nc2c1NCN2. The average Bonchev–Trinajstić information content (AvgIpc) is 2.52. The van der Waals surface area contributed by atoms with Gasteiger partial charge in [-0.25, -0.2) is 4.98 Å². The molecule has 0 atom stereocenters. The molecular formula is C7H11N5S. The number of nitrogens with one attached hydrogen (secondary N) is 4. The maximum Gasteiger partial charge on any atom is 0.200 e. The first-order chi connectivity index (χ1) is 6.31. The highest BCUT2D eigenvalue weighted by Crippen LogP contribution is 2.29. The number of nitrogens with zero attached hydrogens (tertiary/aromatic N) is 1. The summed E-state index contributed by atoms with van der Waals surface area (Å²) >= 11 is 4.98. The van der Waals surface area contributed by atoms with Crippen molar-refractivity contribution in [3.05, 3.63) is 4.77 Å². The van der Waals surface area contributed by atoms with Gasteiger partial charge in [0, 0.05) is 6.54 Å². The molecule has 4 N–H and O–H groups in total. The highest BCUT2D eigenvalue weighted by atomic mass is 32.1. The molecule has 0 amide bonds. The third-order valence-corrected chi connectivity index (χ3v) is 2.00. The normalized spacial score (nSPS) is 13.0. The van der Waals surface area contributed by atoms with Crippen LogP contribution < -0.4 is 16.0 Å². The van der Waals surface area contributed by atoms with Crippen LogP contribution in [-0.2, 0) is 0 Å². The Hall–Kier alpha value is -1.30. The van der Waals surface area contributed by atoms with Crippen LogP contribution in [0.5, 0.6) is 0 Å². The summed E-state index contributed by atoms with van der Waals surface area (Å²) in [6.45, 7) is 3.59. The van der Waals surface area contributed by atoms with Crippen LogP contribution in [0.2, 0.25) is 0 Å². The van der Waals surface area contributed by atoms with Gasteiger partial charge in [-0.2, -0.15) is 0 Å². The highest BCUT2D eigenvalue weighted by Gasteiger charge is 2.14. The molecule has 5 nitrogen and oxygen atoms in total. The van der Waals surface area contributed by atoms with E-state index >= 15 is 0 Å². The molecule has 1 aliphatic heterocycles. The molecule has 13 heavy (non-hydrogen) atoms. The van der Waals surface area contributed by atoms with Crippen molar-refractivity contribution in [3.63, 3.8) is 0 Å². The Morgan fingerprint density at radius 1 is 1.54 bits per heavy atom. The van der Waals surface area contributed by atoms with Gasteiger partial charge in [0.25, 0.3) is 0 Å². The van der Waals surface area contributed by atoms with E-state index in [1.54, 1.807) is 0 Å². The lowest BCUT2D eigenvalue weighted by atomic mass is 10.4. The van der Waals surface area contributed by atoms with Crippen molar-refractivity contribution in [2.45, 2.75) is 6.92 Å². The Kier molecular flexibility index (Phi) is 2.05. The second kappa shape index (κ2) is 3.21. The standard InChI is InChI=1S/C7H11N5S/c1-2-8-5-4-6(10-3-9-4)12-7(13)11-5/h9H,2-3H2,1H3,(H3,8,10,11,12,13). The molecule has 0 spiro atoms. The summed E-state index contributed by atoms with van der Waals surface area (Å²) in [5.74, 6) is 1.72. The van der Waals surface area contributed by atoms with E-state index in [4.69, 9.17) is 12.2 Å². The van der Waals surface area contributed by atoms with Crippen LogP contribution in [0.3, 0.4) is 0 Å². The molecule has 1 aliphatic rings. The number of rotatable bonds is 2. The second-order valence-corrected chi connectivity index (χ2v) is 3.09. The molecular weight excluding hydrogens is 186 g/mol. The largest absolute Gasteiger partial charge is 0.370 e. The van der Waals surface area contributed by atoms with Gasteiger partial charge >= 0.3 is 0 Å². The molecule has 0 radical (unpaired) electrons. The van der Waals surface area contributed by atoms with Crippen LogP contribution in [0, 0.1) is 4.77 Å². The Morgan fingerprint density at radius 3 is 3.15 bits per heavy atom. The fourth-order valence-electron chi connectivity index (χ4n) is 1.30. The zero-order chi connectivity index (χ0) is 9.26. The van der Waals surface area contributed by atoms with Gasteiger partial charge in [-0.1, -0.05) is 0 Å². The highest BCUT2D eigenvalue weighted by molar-refractivity contribution is 7.71. The number of hydrogen-bond donors (Lipinski definition) is 4. The minimum absolute atomic E-state index is 0.492. The molecule has 1 aromatic rings. The van der Waals surface area contributed by atoms with E-state index in [2.05, 4.69) is 25.9 Å². The van der Waals surface area contributed by atoms with Crippen LogP contribution in [0.1, 0.15) is 6.92 Å². The Morgan fingerprint density at radius 2 is 2.38 bits per heavy atom. The quantitative estimate of drug-likeness (QED) is 0.539. The van der Waals surface area contributed by atoms with E-state index in [0.717, 1.165) is 23.9 Å². The summed E-state index contributed by atoms with van der Waals surface area (Å²) in [6.07, 6.45) is 0. The number of hydrogen-bond acceptors (Lipinski definition) is 5. The number of anilines is 3. The molecule has 2 rings (SSSR count). The summed E-state index contributed by atoms with van der Waals surface area (Å²) in [5.41, 5.74) is 0.968. The monoisotopic (exact) mass is 197 g/mol. The lowest BCUT2D eigenvalue weighted by Crippen LogP contribution is -2.03. The van der Waals surface area contributed by atoms with E-state index in [1.165, 1.54) is 0 Å². The first kappa shape index (κ1) is 8.31. The van der Waals surface area contributed by atoms with Gasteiger partial charge in [0.1, 0.15) is 11.5 Å². The van der Waals surface area contributed by atoms with Gasteiger partial charge < -0.3 is 20.9 Å². The second-order valence-electron chi connectivity index (χ2n) is 2.70. The van der Waals surface area contributed by atoms with E-state index < -0.39 is 0 Å². The summed E-state index contributed by atoms with van der Waals surface area (Å²) < 4.78 is 0.492. The van der Waals surface area contributed by atoms with Crippen LogP contribution in [-0.4, -0.2) is 23.2 Å². The molecule has 0 aliphatic carbocycles.